The highest BCUT2D eigenvalue weighted by atomic mass is 32.2. The summed E-state index contributed by atoms with van der Waals surface area (Å²) >= 11 is 1.51. The molecule has 5 heteroatoms. The fourth-order valence-electron chi connectivity index (χ4n) is 2.93. The third kappa shape index (κ3) is 5.18. The van der Waals surface area contributed by atoms with Crippen LogP contribution in [-0.2, 0) is 4.79 Å². The van der Waals surface area contributed by atoms with Crippen molar-refractivity contribution >= 4 is 17.7 Å². The zero-order valence-corrected chi connectivity index (χ0v) is 16.1. The van der Waals surface area contributed by atoms with E-state index in [0.717, 1.165) is 28.4 Å². The summed E-state index contributed by atoms with van der Waals surface area (Å²) in [6.07, 6.45) is 0.921. The molecule has 0 bridgehead atoms. The number of ether oxygens (including phenoxy) is 2. The van der Waals surface area contributed by atoms with Gasteiger partial charge >= 0.3 is 0 Å². The largest absolute Gasteiger partial charge is 0.486 e. The van der Waals surface area contributed by atoms with Crippen LogP contribution in [0.4, 0.5) is 0 Å². The second-order valence-electron chi connectivity index (χ2n) is 6.75. The Hall–Kier alpha value is -2.14. The molecule has 0 saturated heterocycles. The summed E-state index contributed by atoms with van der Waals surface area (Å²) in [5.41, 5.74) is 1.15. The van der Waals surface area contributed by atoms with Crippen LogP contribution in [0.15, 0.2) is 53.4 Å². The number of rotatable bonds is 7. The number of carbonyl (C=O) groups excluding carboxylic acids is 1. The van der Waals surface area contributed by atoms with Gasteiger partial charge in [-0.1, -0.05) is 44.2 Å². The van der Waals surface area contributed by atoms with Gasteiger partial charge < -0.3 is 14.8 Å². The van der Waals surface area contributed by atoms with Gasteiger partial charge in [-0.25, -0.2) is 0 Å². The smallest absolute Gasteiger partial charge is 0.230 e. The van der Waals surface area contributed by atoms with Crippen LogP contribution in [0, 0.1) is 5.92 Å². The zero-order chi connectivity index (χ0) is 18.4. The lowest BCUT2D eigenvalue weighted by atomic mass is 9.97. The highest BCUT2D eigenvalue weighted by Crippen LogP contribution is 2.34. The topological polar surface area (TPSA) is 47.6 Å². The lowest BCUT2D eigenvalue weighted by molar-refractivity contribution is -0.119. The monoisotopic (exact) mass is 371 g/mol. The second-order valence-corrected chi connectivity index (χ2v) is 7.80. The number of nitrogens with one attached hydrogen (secondary N) is 1. The molecule has 138 valence electrons. The number of thioether (sulfide) groups is 1. The normalized spacial score (nSPS) is 14.1. The van der Waals surface area contributed by atoms with Crippen LogP contribution in [0.2, 0.25) is 0 Å². The number of amides is 1. The van der Waals surface area contributed by atoms with Gasteiger partial charge in [-0.15, -0.1) is 11.8 Å². The van der Waals surface area contributed by atoms with E-state index in [-0.39, 0.29) is 11.9 Å². The van der Waals surface area contributed by atoms with Crippen LogP contribution >= 0.6 is 11.8 Å². The van der Waals surface area contributed by atoms with Crippen LogP contribution in [0.5, 0.6) is 11.5 Å². The minimum Gasteiger partial charge on any atom is -0.486 e. The first-order valence-electron chi connectivity index (χ1n) is 8.98. The van der Waals surface area contributed by atoms with E-state index in [9.17, 15) is 4.79 Å². The Morgan fingerprint density at radius 3 is 2.54 bits per heavy atom. The van der Waals surface area contributed by atoms with E-state index in [1.807, 2.05) is 36.4 Å². The van der Waals surface area contributed by atoms with Gasteiger partial charge in [0.1, 0.15) is 13.2 Å². The summed E-state index contributed by atoms with van der Waals surface area (Å²) in [5, 5.41) is 3.18. The van der Waals surface area contributed by atoms with Crippen molar-refractivity contribution in [1.82, 2.24) is 5.32 Å². The number of hydrogen-bond acceptors (Lipinski definition) is 4. The van der Waals surface area contributed by atoms with Gasteiger partial charge in [0.25, 0.3) is 0 Å². The van der Waals surface area contributed by atoms with E-state index in [2.05, 4.69) is 31.3 Å². The average molecular weight is 372 g/mol. The van der Waals surface area contributed by atoms with Crippen molar-refractivity contribution in [3.8, 4) is 11.5 Å². The van der Waals surface area contributed by atoms with E-state index in [0.29, 0.717) is 24.9 Å². The maximum Gasteiger partial charge on any atom is 0.230 e. The maximum absolute atomic E-state index is 12.5. The van der Waals surface area contributed by atoms with E-state index >= 15 is 0 Å². The maximum atomic E-state index is 12.5. The Kier molecular flexibility index (Phi) is 6.45. The molecule has 1 atom stereocenters. The molecule has 1 N–H and O–H groups in total. The minimum absolute atomic E-state index is 0.0411. The second kappa shape index (κ2) is 8.99. The molecule has 0 fully saturated rings. The van der Waals surface area contributed by atoms with Crippen LogP contribution < -0.4 is 14.8 Å². The van der Waals surface area contributed by atoms with Gasteiger partial charge in [-0.3, -0.25) is 4.79 Å². The Morgan fingerprint density at radius 1 is 1.08 bits per heavy atom. The van der Waals surface area contributed by atoms with Crippen LogP contribution in [0.1, 0.15) is 31.9 Å². The molecule has 1 heterocycles. The lowest BCUT2D eigenvalue weighted by Gasteiger charge is -2.21. The van der Waals surface area contributed by atoms with E-state index in [1.165, 1.54) is 11.8 Å². The SMILES string of the molecule is CC(C)CC(NC(=O)CSc1ccc2c(c1)OCCO2)c1ccccc1. The molecule has 1 aliphatic rings. The van der Waals surface area contributed by atoms with Crippen LogP contribution in [-0.4, -0.2) is 24.9 Å². The molecule has 0 spiro atoms. The van der Waals surface area contributed by atoms with Crippen molar-refractivity contribution in [2.45, 2.75) is 31.2 Å². The van der Waals surface area contributed by atoms with Crippen molar-refractivity contribution in [3.05, 3.63) is 54.1 Å². The number of benzene rings is 2. The summed E-state index contributed by atoms with van der Waals surface area (Å²) in [4.78, 5) is 13.5. The standard InChI is InChI=1S/C21H25NO3S/c1-15(2)12-18(16-6-4-3-5-7-16)22-21(23)14-26-17-8-9-19-20(13-17)25-11-10-24-19/h3-9,13,15,18H,10-12,14H2,1-2H3,(H,22,23). The molecule has 1 unspecified atom stereocenters. The fraction of sp³-hybridized carbons (Fsp3) is 0.381. The first-order valence-corrected chi connectivity index (χ1v) is 9.97. The molecule has 26 heavy (non-hydrogen) atoms. The van der Waals surface area contributed by atoms with Gasteiger partial charge in [0.15, 0.2) is 11.5 Å². The number of carbonyl (C=O) groups is 1. The number of hydrogen-bond donors (Lipinski definition) is 1. The first kappa shape index (κ1) is 18.6. The molecule has 2 aromatic carbocycles. The van der Waals surface area contributed by atoms with Gasteiger partial charge in [0.2, 0.25) is 5.91 Å². The van der Waals surface area contributed by atoms with Crippen molar-refractivity contribution in [1.29, 1.82) is 0 Å². The predicted molar refractivity (Wildman–Crippen MR) is 105 cm³/mol. The summed E-state index contributed by atoms with van der Waals surface area (Å²) in [6, 6.07) is 16.0. The Labute approximate surface area is 159 Å². The molecule has 0 radical (unpaired) electrons. The van der Waals surface area contributed by atoms with Gasteiger partial charge in [0.05, 0.1) is 11.8 Å². The molecule has 0 aromatic heterocycles. The molecule has 2 aromatic rings. The third-order valence-corrected chi connectivity index (χ3v) is 5.12. The zero-order valence-electron chi connectivity index (χ0n) is 15.2. The lowest BCUT2D eigenvalue weighted by Crippen LogP contribution is -2.30. The van der Waals surface area contributed by atoms with Gasteiger partial charge in [-0.05, 0) is 36.1 Å². The number of fused-ring (bicyclic) bond motifs is 1. The Bertz CT molecular complexity index is 733. The molecular weight excluding hydrogens is 346 g/mol. The first-order chi connectivity index (χ1) is 12.6. The molecule has 0 saturated carbocycles. The van der Waals surface area contributed by atoms with Crippen LogP contribution in [0.25, 0.3) is 0 Å². The van der Waals surface area contributed by atoms with Gasteiger partial charge in [-0.2, -0.15) is 0 Å². The average Bonchev–Trinajstić information content (AvgIpc) is 2.66. The third-order valence-electron chi connectivity index (χ3n) is 4.13. The van der Waals surface area contributed by atoms with Crippen molar-refractivity contribution in [2.24, 2.45) is 5.92 Å². The Balaban J connectivity index is 1.58. The molecule has 1 amide bonds. The van der Waals surface area contributed by atoms with E-state index in [4.69, 9.17) is 9.47 Å². The molecule has 4 nitrogen and oxygen atoms in total. The molecular formula is C21H25NO3S. The quantitative estimate of drug-likeness (QED) is 0.730. The summed E-state index contributed by atoms with van der Waals surface area (Å²) in [7, 11) is 0. The minimum atomic E-state index is 0.0411. The van der Waals surface area contributed by atoms with Crippen molar-refractivity contribution in [3.63, 3.8) is 0 Å². The summed E-state index contributed by atoms with van der Waals surface area (Å²) in [6.45, 7) is 5.49. The molecule has 1 aliphatic heterocycles. The van der Waals surface area contributed by atoms with E-state index < -0.39 is 0 Å². The highest BCUT2D eigenvalue weighted by molar-refractivity contribution is 8.00. The van der Waals surface area contributed by atoms with Crippen LogP contribution in [0.3, 0.4) is 0 Å². The Morgan fingerprint density at radius 2 is 1.81 bits per heavy atom. The predicted octanol–water partition coefficient (Wildman–Crippen LogP) is 4.45. The summed E-state index contributed by atoms with van der Waals surface area (Å²) in [5.74, 6) is 2.45. The molecule has 0 aliphatic carbocycles. The highest BCUT2D eigenvalue weighted by Gasteiger charge is 2.17. The summed E-state index contributed by atoms with van der Waals surface area (Å²) < 4.78 is 11.1. The van der Waals surface area contributed by atoms with E-state index in [1.54, 1.807) is 0 Å². The molecule has 3 rings (SSSR count). The fourth-order valence-corrected chi connectivity index (χ4v) is 3.67. The van der Waals surface area contributed by atoms with Gasteiger partial charge in [0, 0.05) is 4.90 Å². The van der Waals surface area contributed by atoms with Crippen molar-refractivity contribution < 1.29 is 14.3 Å². The van der Waals surface area contributed by atoms with Crippen molar-refractivity contribution in [2.75, 3.05) is 19.0 Å².